The topological polar surface area (TPSA) is 128 Å². The zero-order valence-electron chi connectivity index (χ0n) is 28.8. The number of carboxylic acids is 1. The van der Waals surface area contributed by atoms with Gasteiger partial charge in [0.25, 0.3) is 11.8 Å². The van der Waals surface area contributed by atoms with E-state index in [0.29, 0.717) is 45.2 Å². The number of fused-ring (bicyclic) bond motifs is 2. The van der Waals surface area contributed by atoms with Gasteiger partial charge >= 0.3 is 11.9 Å². The molecular formula is C40H32Cl2F2N2O7. The molecular weight excluding hydrogens is 729 g/mol. The Bertz CT molecular complexity index is 2500. The Hall–Kier alpha value is -5.52. The summed E-state index contributed by atoms with van der Waals surface area (Å²) < 4.78 is 37.4. The Morgan fingerprint density at radius 3 is 1.87 bits per heavy atom. The second kappa shape index (κ2) is 14.5. The highest BCUT2D eigenvalue weighted by molar-refractivity contribution is 6.31. The number of aliphatic carboxylic acids is 1. The van der Waals surface area contributed by atoms with Gasteiger partial charge in [0.1, 0.15) is 23.1 Å². The lowest BCUT2D eigenvalue weighted by Crippen LogP contribution is -2.25. The van der Waals surface area contributed by atoms with Gasteiger partial charge in [-0.15, -0.1) is 0 Å². The summed E-state index contributed by atoms with van der Waals surface area (Å²) in [6.07, 6.45) is 0.0521. The molecule has 2 atom stereocenters. The van der Waals surface area contributed by atoms with E-state index >= 15 is 0 Å². The van der Waals surface area contributed by atoms with Crippen LogP contribution in [-0.4, -0.2) is 43.1 Å². The third-order valence-electron chi connectivity index (χ3n) is 9.61. The third-order valence-corrected chi connectivity index (χ3v) is 10.2. The molecule has 2 N–H and O–H groups in total. The van der Waals surface area contributed by atoms with Crippen LogP contribution in [0.3, 0.4) is 0 Å². The van der Waals surface area contributed by atoms with Crippen molar-refractivity contribution < 1.29 is 42.9 Å². The Balaban J connectivity index is 1.45. The standard InChI is InChI=1S/C40H32Cl2F2N2O7/c1-5-19(2)36(37-21(4)46(34-12-8-24(47)16-28(34)37)39(51)23-7-11-30(42)32(44)15-23)40(52)53-25-9-13-33-27(17-25)26(18-35(48)49)20(3)45(33)38(50)22-6-10-29(41)31(43)14-22/h6-17,19,36,47H,5,18H2,1-4H3,(H,48,49). The molecule has 2 aromatic heterocycles. The summed E-state index contributed by atoms with van der Waals surface area (Å²) in [6, 6.07) is 16.1. The van der Waals surface area contributed by atoms with E-state index in [4.69, 9.17) is 27.9 Å². The fraction of sp³-hybridized carbons (Fsp3) is 0.200. The zero-order chi connectivity index (χ0) is 38.5. The Morgan fingerprint density at radius 1 is 0.774 bits per heavy atom. The first-order valence-corrected chi connectivity index (χ1v) is 17.3. The molecule has 9 nitrogen and oxygen atoms in total. The average molecular weight is 762 g/mol. The summed E-state index contributed by atoms with van der Waals surface area (Å²) >= 11 is 11.7. The number of esters is 1. The van der Waals surface area contributed by atoms with E-state index in [-0.39, 0.29) is 44.2 Å². The summed E-state index contributed by atoms with van der Waals surface area (Å²) in [4.78, 5) is 53.8. The van der Waals surface area contributed by atoms with Gasteiger partial charge in [-0.2, -0.15) is 0 Å². The minimum Gasteiger partial charge on any atom is -0.508 e. The van der Waals surface area contributed by atoms with E-state index in [1.807, 2.05) is 13.8 Å². The van der Waals surface area contributed by atoms with Gasteiger partial charge in [-0.3, -0.25) is 28.3 Å². The molecule has 0 saturated carbocycles. The molecule has 0 amide bonds. The van der Waals surface area contributed by atoms with E-state index in [1.165, 1.54) is 69.8 Å². The van der Waals surface area contributed by atoms with Crippen LogP contribution in [0.2, 0.25) is 10.0 Å². The fourth-order valence-electron chi connectivity index (χ4n) is 6.81. The summed E-state index contributed by atoms with van der Waals surface area (Å²) in [5.74, 6) is -6.00. The maximum atomic E-state index is 14.4. The van der Waals surface area contributed by atoms with Crippen LogP contribution < -0.4 is 4.74 Å². The molecule has 53 heavy (non-hydrogen) atoms. The molecule has 0 spiro atoms. The molecule has 6 rings (SSSR count). The van der Waals surface area contributed by atoms with Crippen LogP contribution >= 0.6 is 23.2 Å². The molecule has 272 valence electrons. The summed E-state index contributed by atoms with van der Waals surface area (Å²) in [5.41, 5.74) is 2.08. The first kappa shape index (κ1) is 37.2. The van der Waals surface area contributed by atoms with Crippen LogP contribution in [-0.2, 0) is 16.0 Å². The summed E-state index contributed by atoms with van der Waals surface area (Å²) in [5, 5.41) is 20.7. The van der Waals surface area contributed by atoms with Gasteiger partial charge < -0.3 is 14.9 Å². The highest BCUT2D eigenvalue weighted by Gasteiger charge is 2.35. The number of hydrogen-bond donors (Lipinski definition) is 2. The second-order valence-corrected chi connectivity index (χ2v) is 13.7. The number of ether oxygens (including phenoxy) is 1. The number of carboxylic acid groups (broad SMARTS) is 1. The molecule has 0 aliphatic rings. The van der Waals surface area contributed by atoms with Crippen molar-refractivity contribution in [3.05, 3.63) is 128 Å². The number of rotatable bonds is 9. The predicted molar refractivity (Wildman–Crippen MR) is 196 cm³/mol. The number of hydrogen-bond acceptors (Lipinski definition) is 6. The van der Waals surface area contributed by atoms with Crippen molar-refractivity contribution in [2.45, 2.75) is 46.5 Å². The van der Waals surface area contributed by atoms with Crippen molar-refractivity contribution in [2.24, 2.45) is 5.92 Å². The van der Waals surface area contributed by atoms with Gasteiger partial charge in [0.2, 0.25) is 0 Å². The van der Waals surface area contributed by atoms with E-state index < -0.39 is 47.7 Å². The summed E-state index contributed by atoms with van der Waals surface area (Å²) in [7, 11) is 0. The Kier molecular flexibility index (Phi) is 10.2. The first-order chi connectivity index (χ1) is 25.1. The minimum atomic E-state index is -1.16. The number of halogens is 4. The minimum absolute atomic E-state index is 0.0130. The largest absolute Gasteiger partial charge is 0.508 e. The van der Waals surface area contributed by atoms with Gasteiger partial charge in [0.05, 0.1) is 33.4 Å². The van der Waals surface area contributed by atoms with Crippen LogP contribution in [0.4, 0.5) is 8.78 Å². The van der Waals surface area contributed by atoms with E-state index in [1.54, 1.807) is 13.8 Å². The molecule has 2 unspecified atom stereocenters. The van der Waals surface area contributed by atoms with Gasteiger partial charge in [-0.1, -0.05) is 43.5 Å². The second-order valence-electron chi connectivity index (χ2n) is 12.8. The van der Waals surface area contributed by atoms with Crippen molar-refractivity contribution in [1.82, 2.24) is 9.13 Å². The molecule has 0 aliphatic carbocycles. The van der Waals surface area contributed by atoms with Gasteiger partial charge in [-0.05, 0) is 104 Å². The number of aromatic hydroxyl groups is 1. The lowest BCUT2D eigenvalue weighted by Gasteiger charge is -2.22. The number of carbonyl (C=O) groups is 4. The average Bonchev–Trinajstić information content (AvgIpc) is 3.54. The number of carbonyl (C=O) groups excluding carboxylic acids is 3. The lowest BCUT2D eigenvalue weighted by atomic mass is 9.84. The van der Waals surface area contributed by atoms with E-state index in [2.05, 4.69) is 0 Å². The summed E-state index contributed by atoms with van der Waals surface area (Å²) in [6.45, 7) is 6.95. The lowest BCUT2D eigenvalue weighted by molar-refractivity contribution is -0.138. The fourth-order valence-corrected chi connectivity index (χ4v) is 7.05. The SMILES string of the molecule is CCC(C)C(C(=O)Oc1ccc2c(c1)c(CC(=O)O)c(C)n2C(=O)c1ccc(Cl)c(F)c1)c1c(C)n(C(=O)c2ccc(Cl)c(F)c2)c2ccc(O)cc12. The van der Waals surface area contributed by atoms with E-state index in [0.717, 1.165) is 12.1 Å². The first-order valence-electron chi connectivity index (χ1n) is 16.5. The molecule has 0 bridgehead atoms. The van der Waals surface area contributed by atoms with Crippen LogP contribution in [0.25, 0.3) is 21.8 Å². The quantitative estimate of drug-likeness (QED) is 0.111. The maximum Gasteiger partial charge on any atom is 0.319 e. The number of aromatic nitrogens is 2. The smallest absolute Gasteiger partial charge is 0.319 e. The molecule has 0 fully saturated rings. The number of benzene rings is 4. The number of phenols is 1. The number of nitrogens with zero attached hydrogens (tertiary/aromatic N) is 2. The Morgan fingerprint density at radius 2 is 1.32 bits per heavy atom. The Labute approximate surface area is 311 Å². The highest BCUT2D eigenvalue weighted by atomic mass is 35.5. The van der Waals surface area contributed by atoms with Crippen LogP contribution in [0.1, 0.15) is 69.4 Å². The van der Waals surface area contributed by atoms with Gasteiger partial charge in [-0.25, -0.2) is 8.78 Å². The molecule has 0 aliphatic heterocycles. The molecule has 0 radical (unpaired) electrons. The highest BCUT2D eigenvalue weighted by Crippen LogP contribution is 2.40. The molecule has 0 saturated heterocycles. The molecule has 4 aromatic carbocycles. The molecule has 13 heteroatoms. The van der Waals surface area contributed by atoms with Crippen LogP contribution in [0.5, 0.6) is 11.5 Å². The van der Waals surface area contributed by atoms with E-state index in [9.17, 15) is 38.2 Å². The molecule has 2 heterocycles. The van der Waals surface area contributed by atoms with Crippen molar-refractivity contribution in [2.75, 3.05) is 0 Å². The van der Waals surface area contributed by atoms with Crippen LogP contribution in [0.15, 0.2) is 72.8 Å². The predicted octanol–water partition coefficient (Wildman–Crippen LogP) is 9.24. The maximum absolute atomic E-state index is 14.4. The van der Waals surface area contributed by atoms with Gasteiger partial charge in [0, 0.05) is 33.3 Å². The molecule has 6 aromatic rings. The zero-order valence-corrected chi connectivity index (χ0v) is 30.4. The van der Waals surface area contributed by atoms with Gasteiger partial charge in [0.15, 0.2) is 0 Å². The van der Waals surface area contributed by atoms with Crippen molar-refractivity contribution >= 4 is 68.8 Å². The van der Waals surface area contributed by atoms with Crippen molar-refractivity contribution in [3.63, 3.8) is 0 Å². The monoisotopic (exact) mass is 760 g/mol. The van der Waals surface area contributed by atoms with Crippen LogP contribution in [0, 0.1) is 31.4 Å². The number of phenolic OH excluding ortho intramolecular Hbond substituents is 1. The third kappa shape index (κ3) is 6.78. The van der Waals surface area contributed by atoms with Crippen molar-refractivity contribution in [3.8, 4) is 11.5 Å². The normalized spacial score (nSPS) is 12.6. The van der Waals surface area contributed by atoms with Crippen molar-refractivity contribution in [1.29, 1.82) is 0 Å².